The van der Waals surface area contributed by atoms with Gasteiger partial charge in [-0.25, -0.2) is 0 Å². The topological polar surface area (TPSA) is 47.1 Å². The lowest BCUT2D eigenvalue weighted by Crippen LogP contribution is -2.37. The van der Waals surface area contributed by atoms with Gasteiger partial charge in [0, 0.05) is 12.7 Å². The second-order valence-corrected chi connectivity index (χ2v) is 5.46. The molecule has 4 nitrogen and oxygen atoms in total. The molecule has 1 saturated heterocycles. The maximum atomic E-state index is 5.64. The fourth-order valence-corrected chi connectivity index (χ4v) is 2.59. The Hall–Kier alpha value is -1.03. The highest BCUT2D eigenvalue weighted by molar-refractivity contribution is 5.30. The first-order valence-electron chi connectivity index (χ1n) is 6.65. The molecule has 17 heavy (non-hydrogen) atoms. The predicted octanol–water partition coefficient (Wildman–Crippen LogP) is 1.83. The van der Waals surface area contributed by atoms with Gasteiger partial charge in [-0.15, -0.1) is 0 Å². The van der Waals surface area contributed by atoms with Crippen molar-refractivity contribution in [1.82, 2.24) is 14.7 Å². The summed E-state index contributed by atoms with van der Waals surface area (Å²) >= 11 is 0. The number of nitrogens with zero attached hydrogens (tertiary/aromatic N) is 3. The number of hydrogen-bond donors (Lipinski definition) is 1. The number of piperidine rings is 1. The van der Waals surface area contributed by atoms with Gasteiger partial charge in [0.25, 0.3) is 0 Å². The largest absolute Gasteiger partial charge is 0.396 e. The molecule has 96 valence electrons. The van der Waals surface area contributed by atoms with Crippen LogP contribution in [0, 0.1) is 11.8 Å². The summed E-state index contributed by atoms with van der Waals surface area (Å²) in [4.78, 5) is 2.54. The molecular formula is C13H24N4. The van der Waals surface area contributed by atoms with Crippen LogP contribution in [0.5, 0.6) is 0 Å². The van der Waals surface area contributed by atoms with Crippen molar-refractivity contribution in [2.45, 2.75) is 33.2 Å². The van der Waals surface area contributed by atoms with E-state index in [1.54, 1.807) is 6.20 Å². The van der Waals surface area contributed by atoms with Crippen LogP contribution < -0.4 is 5.73 Å². The highest BCUT2D eigenvalue weighted by atomic mass is 15.3. The smallest absolute Gasteiger partial charge is 0.0719 e. The molecule has 2 heterocycles. The molecule has 4 heteroatoms. The number of anilines is 1. The summed E-state index contributed by atoms with van der Waals surface area (Å²) in [5.41, 5.74) is 6.40. The maximum Gasteiger partial charge on any atom is 0.0719 e. The van der Waals surface area contributed by atoms with E-state index in [2.05, 4.69) is 23.8 Å². The van der Waals surface area contributed by atoms with E-state index >= 15 is 0 Å². The Balaban J connectivity index is 1.71. The Labute approximate surface area is 104 Å². The molecule has 1 aromatic rings. The number of nitrogen functional groups attached to an aromatic ring is 1. The van der Waals surface area contributed by atoms with Gasteiger partial charge in [-0.3, -0.25) is 4.68 Å². The summed E-state index contributed by atoms with van der Waals surface area (Å²) in [6, 6.07) is 0. The standard InChI is InChI=1S/C13H24N4/c1-11(2)12-3-5-16(6-4-12)7-8-17-10-13(14)9-15-17/h9-12H,3-8,14H2,1-2H3. The zero-order chi connectivity index (χ0) is 12.3. The highest BCUT2D eigenvalue weighted by Gasteiger charge is 2.21. The lowest BCUT2D eigenvalue weighted by Gasteiger charge is -2.33. The van der Waals surface area contributed by atoms with Gasteiger partial charge in [0.1, 0.15) is 0 Å². The molecule has 1 aliphatic rings. The molecule has 2 N–H and O–H groups in total. The van der Waals surface area contributed by atoms with Gasteiger partial charge in [0.15, 0.2) is 0 Å². The van der Waals surface area contributed by atoms with Crippen molar-refractivity contribution in [2.24, 2.45) is 11.8 Å². The lowest BCUT2D eigenvalue weighted by atomic mass is 9.87. The van der Waals surface area contributed by atoms with Crippen LogP contribution in [0.2, 0.25) is 0 Å². The van der Waals surface area contributed by atoms with Crippen LogP contribution in [-0.2, 0) is 6.54 Å². The molecule has 1 aliphatic heterocycles. The Bertz CT molecular complexity index is 337. The normalized spacial score (nSPS) is 19.0. The van der Waals surface area contributed by atoms with E-state index in [-0.39, 0.29) is 0 Å². The van der Waals surface area contributed by atoms with Gasteiger partial charge in [-0.1, -0.05) is 13.8 Å². The summed E-state index contributed by atoms with van der Waals surface area (Å²) in [6.45, 7) is 9.19. The van der Waals surface area contributed by atoms with Crippen molar-refractivity contribution < 1.29 is 0 Å². The van der Waals surface area contributed by atoms with Gasteiger partial charge in [0.05, 0.1) is 18.4 Å². The van der Waals surface area contributed by atoms with E-state index in [0.717, 1.165) is 30.6 Å². The monoisotopic (exact) mass is 236 g/mol. The average molecular weight is 236 g/mol. The maximum absolute atomic E-state index is 5.64. The van der Waals surface area contributed by atoms with E-state index in [1.165, 1.54) is 25.9 Å². The first kappa shape index (κ1) is 12.4. The molecule has 0 atom stereocenters. The van der Waals surface area contributed by atoms with Crippen LogP contribution in [0.1, 0.15) is 26.7 Å². The molecule has 0 aromatic carbocycles. The molecule has 0 bridgehead atoms. The number of nitrogens with two attached hydrogens (primary N) is 1. The van der Waals surface area contributed by atoms with Crippen molar-refractivity contribution in [3.8, 4) is 0 Å². The Morgan fingerprint density at radius 1 is 1.35 bits per heavy atom. The van der Waals surface area contributed by atoms with Gasteiger partial charge in [-0.05, 0) is 37.8 Å². The molecular weight excluding hydrogens is 212 g/mol. The van der Waals surface area contributed by atoms with E-state index in [9.17, 15) is 0 Å². The SMILES string of the molecule is CC(C)C1CCN(CCn2cc(N)cn2)CC1. The molecule has 0 amide bonds. The zero-order valence-corrected chi connectivity index (χ0v) is 11.0. The predicted molar refractivity (Wildman–Crippen MR) is 70.6 cm³/mol. The summed E-state index contributed by atoms with van der Waals surface area (Å²) in [5, 5.41) is 4.21. The van der Waals surface area contributed by atoms with Crippen molar-refractivity contribution >= 4 is 5.69 Å². The minimum absolute atomic E-state index is 0.753. The third kappa shape index (κ3) is 3.46. The second kappa shape index (κ2) is 5.54. The van der Waals surface area contributed by atoms with Crippen molar-refractivity contribution in [2.75, 3.05) is 25.4 Å². The van der Waals surface area contributed by atoms with Crippen LogP contribution in [-0.4, -0.2) is 34.3 Å². The van der Waals surface area contributed by atoms with E-state index in [4.69, 9.17) is 5.73 Å². The van der Waals surface area contributed by atoms with Crippen molar-refractivity contribution in [3.63, 3.8) is 0 Å². The van der Waals surface area contributed by atoms with Crippen LogP contribution in [0.15, 0.2) is 12.4 Å². The van der Waals surface area contributed by atoms with E-state index in [1.807, 2.05) is 10.9 Å². The van der Waals surface area contributed by atoms with Gasteiger partial charge in [0.2, 0.25) is 0 Å². The lowest BCUT2D eigenvalue weighted by molar-refractivity contribution is 0.152. The number of aromatic nitrogens is 2. The van der Waals surface area contributed by atoms with Crippen LogP contribution >= 0.6 is 0 Å². The summed E-state index contributed by atoms with van der Waals surface area (Å²) < 4.78 is 1.93. The molecule has 2 rings (SSSR count). The first-order valence-corrected chi connectivity index (χ1v) is 6.65. The second-order valence-electron chi connectivity index (χ2n) is 5.46. The number of hydrogen-bond acceptors (Lipinski definition) is 3. The fourth-order valence-electron chi connectivity index (χ4n) is 2.59. The molecule has 0 saturated carbocycles. The van der Waals surface area contributed by atoms with E-state index in [0.29, 0.717) is 0 Å². The van der Waals surface area contributed by atoms with Crippen molar-refractivity contribution in [3.05, 3.63) is 12.4 Å². The van der Waals surface area contributed by atoms with Crippen LogP contribution in [0.25, 0.3) is 0 Å². The minimum Gasteiger partial charge on any atom is -0.396 e. The quantitative estimate of drug-likeness (QED) is 0.867. The fraction of sp³-hybridized carbons (Fsp3) is 0.769. The summed E-state index contributed by atoms with van der Waals surface area (Å²) in [6.07, 6.45) is 6.31. The highest BCUT2D eigenvalue weighted by Crippen LogP contribution is 2.24. The third-order valence-corrected chi connectivity index (χ3v) is 3.87. The van der Waals surface area contributed by atoms with Crippen LogP contribution in [0.4, 0.5) is 5.69 Å². The number of rotatable bonds is 4. The molecule has 0 aliphatic carbocycles. The molecule has 1 fully saturated rings. The van der Waals surface area contributed by atoms with Crippen LogP contribution in [0.3, 0.4) is 0 Å². The molecule has 0 radical (unpaired) electrons. The van der Waals surface area contributed by atoms with Gasteiger partial charge < -0.3 is 10.6 Å². The third-order valence-electron chi connectivity index (χ3n) is 3.87. The first-order chi connectivity index (χ1) is 8.15. The minimum atomic E-state index is 0.753. The average Bonchev–Trinajstić information content (AvgIpc) is 2.73. The Kier molecular flexibility index (Phi) is 4.05. The van der Waals surface area contributed by atoms with Crippen molar-refractivity contribution in [1.29, 1.82) is 0 Å². The van der Waals surface area contributed by atoms with E-state index < -0.39 is 0 Å². The summed E-state index contributed by atoms with van der Waals surface area (Å²) in [7, 11) is 0. The molecule has 0 unspecified atom stereocenters. The zero-order valence-electron chi connectivity index (χ0n) is 11.0. The van der Waals surface area contributed by atoms with Gasteiger partial charge >= 0.3 is 0 Å². The Morgan fingerprint density at radius 2 is 2.06 bits per heavy atom. The van der Waals surface area contributed by atoms with Gasteiger partial charge in [-0.2, -0.15) is 5.10 Å². The Morgan fingerprint density at radius 3 is 2.59 bits per heavy atom. The molecule has 1 aromatic heterocycles. The summed E-state index contributed by atoms with van der Waals surface area (Å²) in [5.74, 6) is 1.76. The number of likely N-dealkylation sites (tertiary alicyclic amines) is 1. The molecule has 0 spiro atoms.